The predicted molar refractivity (Wildman–Crippen MR) is 107 cm³/mol. The molecular weight excluding hydrogens is 382 g/mol. The molecule has 9 heteroatoms. The minimum atomic E-state index is -4.08. The van der Waals surface area contributed by atoms with Crippen LogP contribution in [0.3, 0.4) is 0 Å². The number of nitrogens with one attached hydrogen (secondary N) is 1. The number of hydrogen-bond acceptors (Lipinski definition) is 5. The molecule has 0 atom stereocenters. The first-order chi connectivity index (χ1) is 13.1. The van der Waals surface area contributed by atoms with Crippen LogP contribution >= 0.6 is 0 Å². The van der Waals surface area contributed by atoms with Crippen LogP contribution < -0.4 is 4.72 Å². The molecule has 0 aromatic heterocycles. The molecule has 2 rings (SSSR count). The third-order valence-electron chi connectivity index (χ3n) is 4.52. The zero-order valence-corrected chi connectivity index (χ0v) is 17.0. The van der Waals surface area contributed by atoms with E-state index in [4.69, 9.17) is 0 Å². The lowest BCUT2D eigenvalue weighted by Crippen LogP contribution is -2.30. The molecule has 0 aliphatic carbocycles. The molecule has 0 saturated heterocycles. The highest BCUT2D eigenvalue weighted by Crippen LogP contribution is 2.27. The van der Waals surface area contributed by atoms with E-state index in [9.17, 15) is 23.3 Å². The maximum Gasteiger partial charge on any atom is 0.271 e. The Morgan fingerprint density at radius 2 is 1.79 bits per heavy atom. The normalized spacial score (nSPS) is 11.1. The zero-order valence-electron chi connectivity index (χ0n) is 16.2. The summed E-state index contributed by atoms with van der Waals surface area (Å²) in [6, 6.07) is 8.54. The number of sulfonamides is 1. The second kappa shape index (κ2) is 8.39. The number of nitro groups is 1. The molecule has 0 bridgehead atoms. The van der Waals surface area contributed by atoms with Gasteiger partial charge in [-0.1, -0.05) is 6.07 Å². The highest BCUT2D eigenvalue weighted by atomic mass is 32.2. The number of benzene rings is 2. The third kappa shape index (κ3) is 4.48. The van der Waals surface area contributed by atoms with Gasteiger partial charge in [0.15, 0.2) is 0 Å². The van der Waals surface area contributed by atoms with Gasteiger partial charge < -0.3 is 4.90 Å². The van der Waals surface area contributed by atoms with Gasteiger partial charge in [0.2, 0.25) is 0 Å². The molecule has 1 N–H and O–H groups in total. The molecule has 0 heterocycles. The summed E-state index contributed by atoms with van der Waals surface area (Å²) in [7, 11) is -4.08. The van der Waals surface area contributed by atoms with Crippen molar-refractivity contribution in [3.63, 3.8) is 0 Å². The van der Waals surface area contributed by atoms with Crippen LogP contribution in [0.15, 0.2) is 41.3 Å². The van der Waals surface area contributed by atoms with E-state index in [1.54, 1.807) is 30.9 Å². The van der Waals surface area contributed by atoms with Crippen molar-refractivity contribution < 1.29 is 18.1 Å². The first kappa shape index (κ1) is 21.4. The summed E-state index contributed by atoms with van der Waals surface area (Å²) in [6.45, 7) is 8.01. The largest absolute Gasteiger partial charge is 0.339 e. The Labute approximate surface area is 164 Å². The first-order valence-electron chi connectivity index (χ1n) is 8.78. The van der Waals surface area contributed by atoms with E-state index in [1.165, 1.54) is 18.2 Å². The number of nitro benzene ring substituents is 1. The van der Waals surface area contributed by atoms with Gasteiger partial charge in [-0.25, -0.2) is 8.42 Å². The lowest BCUT2D eigenvalue weighted by atomic mass is 10.1. The summed E-state index contributed by atoms with van der Waals surface area (Å²) in [5.74, 6) is -0.201. The maximum absolute atomic E-state index is 12.8. The van der Waals surface area contributed by atoms with Crippen molar-refractivity contribution in [3.05, 3.63) is 63.2 Å². The number of carbonyl (C=O) groups is 1. The van der Waals surface area contributed by atoms with E-state index in [-0.39, 0.29) is 22.2 Å². The molecule has 0 spiro atoms. The van der Waals surface area contributed by atoms with Crippen LogP contribution in [0.5, 0.6) is 0 Å². The Morgan fingerprint density at radius 1 is 1.14 bits per heavy atom. The summed E-state index contributed by atoms with van der Waals surface area (Å²) in [5.41, 5.74) is 1.19. The maximum atomic E-state index is 12.8. The number of non-ortho nitro benzene ring substituents is 1. The summed E-state index contributed by atoms with van der Waals surface area (Å²) in [5, 5.41) is 11.1. The van der Waals surface area contributed by atoms with Crippen LogP contribution in [0.1, 0.15) is 35.3 Å². The van der Waals surface area contributed by atoms with Crippen molar-refractivity contribution in [2.24, 2.45) is 0 Å². The molecular formula is C19H23N3O5S. The van der Waals surface area contributed by atoms with Crippen molar-refractivity contribution in [2.45, 2.75) is 32.6 Å². The average Bonchev–Trinajstić information content (AvgIpc) is 2.64. The molecule has 0 fully saturated rings. The van der Waals surface area contributed by atoms with Gasteiger partial charge in [0, 0.05) is 36.5 Å². The Kier molecular flexibility index (Phi) is 6.40. The molecule has 150 valence electrons. The average molecular weight is 405 g/mol. The van der Waals surface area contributed by atoms with Crippen LogP contribution in [0, 0.1) is 24.0 Å². The van der Waals surface area contributed by atoms with Crippen molar-refractivity contribution in [1.82, 2.24) is 4.90 Å². The third-order valence-corrected chi connectivity index (χ3v) is 6.02. The predicted octanol–water partition coefficient (Wildman–Crippen LogP) is 3.49. The Morgan fingerprint density at radius 3 is 2.36 bits per heavy atom. The fraction of sp³-hybridized carbons (Fsp3) is 0.316. The van der Waals surface area contributed by atoms with E-state index in [0.29, 0.717) is 29.8 Å². The number of nitrogens with zero attached hydrogens (tertiary/aromatic N) is 2. The Balaban J connectivity index is 2.42. The molecule has 28 heavy (non-hydrogen) atoms. The summed E-state index contributed by atoms with van der Waals surface area (Å²) in [4.78, 5) is 24.4. The van der Waals surface area contributed by atoms with Gasteiger partial charge in [0.05, 0.1) is 9.82 Å². The minimum absolute atomic E-state index is 0.167. The fourth-order valence-electron chi connectivity index (χ4n) is 2.81. The van der Waals surface area contributed by atoms with Gasteiger partial charge in [-0.3, -0.25) is 19.6 Å². The molecule has 8 nitrogen and oxygen atoms in total. The summed E-state index contributed by atoms with van der Waals surface area (Å²) >= 11 is 0. The SMILES string of the molecule is CCN(CC)C(=O)c1cccc(NS(=O)(=O)c2cc([N+](=O)[O-])cc(C)c2C)c1. The molecule has 0 aliphatic rings. The van der Waals surface area contributed by atoms with Gasteiger partial charge in [-0.2, -0.15) is 0 Å². The van der Waals surface area contributed by atoms with Crippen LogP contribution in [0.25, 0.3) is 0 Å². The first-order valence-corrected chi connectivity index (χ1v) is 10.3. The van der Waals surface area contributed by atoms with Crippen molar-refractivity contribution in [2.75, 3.05) is 17.8 Å². The lowest BCUT2D eigenvalue weighted by molar-refractivity contribution is -0.385. The van der Waals surface area contributed by atoms with Crippen LogP contribution in [0.4, 0.5) is 11.4 Å². The number of carbonyl (C=O) groups excluding carboxylic acids is 1. The van der Waals surface area contributed by atoms with Gasteiger partial charge >= 0.3 is 0 Å². The van der Waals surface area contributed by atoms with E-state index in [0.717, 1.165) is 6.07 Å². The van der Waals surface area contributed by atoms with Crippen molar-refractivity contribution in [3.8, 4) is 0 Å². The van der Waals surface area contributed by atoms with Crippen LogP contribution in [-0.4, -0.2) is 37.2 Å². The van der Waals surface area contributed by atoms with E-state index < -0.39 is 14.9 Å². The quantitative estimate of drug-likeness (QED) is 0.560. The minimum Gasteiger partial charge on any atom is -0.339 e. The van der Waals surface area contributed by atoms with E-state index >= 15 is 0 Å². The second-order valence-corrected chi connectivity index (χ2v) is 7.96. The van der Waals surface area contributed by atoms with Gasteiger partial charge in [-0.15, -0.1) is 0 Å². The number of hydrogen-bond donors (Lipinski definition) is 1. The molecule has 2 aromatic carbocycles. The molecule has 0 saturated carbocycles. The van der Waals surface area contributed by atoms with E-state index in [2.05, 4.69) is 4.72 Å². The van der Waals surface area contributed by atoms with Crippen molar-refractivity contribution >= 4 is 27.3 Å². The molecule has 1 amide bonds. The smallest absolute Gasteiger partial charge is 0.271 e. The number of anilines is 1. The van der Waals surface area contributed by atoms with Crippen LogP contribution in [-0.2, 0) is 10.0 Å². The fourth-order valence-corrected chi connectivity index (χ4v) is 4.20. The lowest BCUT2D eigenvalue weighted by Gasteiger charge is -2.19. The topological polar surface area (TPSA) is 110 Å². The molecule has 0 unspecified atom stereocenters. The van der Waals surface area contributed by atoms with Crippen LogP contribution in [0.2, 0.25) is 0 Å². The van der Waals surface area contributed by atoms with Gasteiger partial charge in [0.25, 0.3) is 21.6 Å². The van der Waals surface area contributed by atoms with E-state index in [1.807, 2.05) is 13.8 Å². The Hall–Kier alpha value is -2.94. The number of aryl methyl sites for hydroxylation is 1. The second-order valence-electron chi connectivity index (χ2n) is 6.31. The number of rotatable bonds is 7. The standard InChI is InChI=1S/C19H23N3O5S/c1-5-21(6-2)19(23)15-8-7-9-16(11-15)20-28(26,27)18-12-17(22(24)25)10-13(3)14(18)4/h7-12,20H,5-6H2,1-4H3. The summed E-state index contributed by atoms with van der Waals surface area (Å²) in [6.07, 6.45) is 0. The van der Waals surface area contributed by atoms with Gasteiger partial charge in [0.1, 0.15) is 0 Å². The molecule has 0 aliphatic heterocycles. The highest BCUT2D eigenvalue weighted by Gasteiger charge is 2.23. The molecule has 0 radical (unpaired) electrons. The van der Waals surface area contributed by atoms with Gasteiger partial charge in [-0.05, 0) is 57.0 Å². The summed E-state index contributed by atoms with van der Waals surface area (Å²) < 4.78 is 28.1. The van der Waals surface area contributed by atoms with Crippen molar-refractivity contribution in [1.29, 1.82) is 0 Å². The highest BCUT2D eigenvalue weighted by molar-refractivity contribution is 7.92. The Bertz CT molecular complexity index is 1010. The zero-order chi connectivity index (χ0) is 21.1. The molecule has 2 aromatic rings. The monoisotopic (exact) mass is 405 g/mol. The number of amides is 1.